The van der Waals surface area contributed by atoms with Crippen LogP contribution >= 0.6 is 0 Å². The number of nitrogens with one attached hydrogen (secondary N) is 1. The van der Waals surface area contributed by atoms with Gasteiger partial charge in [0.25, 0.3) is 0 Å². The van der Waals surface area contributed by atoms with Crippen molar-refractivity contribution in [2.75, 3.05) is 32.7 Å². The van der Waals surface area contributed by atoms with Crippen molar-refractivity contribution in [3.63, 3.8) is 0 Å². The summed E-state index contributed by atoms with van der Waals surface area (Å²) >= 11 is 0. The van der Waals surface area contributed by atoms with E-state index >= 15 is 0 Å². The standard InChI is InChI=1S/C30H38N2O4/c1-21(2)32(22(3)4)17-18-36-29-20-25(15-16-28(29)35-6)31-30(33)19-23-11-13-24(14-12-23)26-9-7-8-10-27(26)34-5/h7-16,20-22H,17-19H2,1-6H3,(H,31,33). The fraction of sp³-hybridized carbons (Fsp3) is 0.367. The topological polar surface area (TPSA) is 60.0 Å². The van der Waals surface area contributed by atoms with Crippen molar-refractivity contribution in [3.8, 4) is 28.4 Å². The van der Waals surface area contributed by atoms with Crippen LogP contribution in [0.25, 0.3) is 11.1 Å². The van der Waals surface area contributed by atoms with Gasteiger partial charge < -0.3 is 19.5 Å². The van der Waals surface area contributed by atoms with E-state index in [2.05, 4.69) is 37.9 Å². The maximum Gasteiger partial charge on any atom is 0.228 e. The molecule has 3 aromatic carbocycles. The number of rotatable bonds is 12. The molecule has 192 valence electrons. The number of carbonyl (C=O) groups is 1. The van der Waals surface area contributed by atoms with E-state index in [0.29, 0.717) is 35.9 Å². The Labute approximate surface area is 215 Å². The molecule has 6 nitrogen and oxygen atoms in total. The summed E-state index contributed by atoms with van der Waals surface area (Å²) in [6, 6.07) is 22.2. The van der Waals surface area contributed by atoms with Crippen molar-refractivity contribution in [2.45, 2.75) is 46.2 Å². The Kier molecular flexibility index (Phi) is 9.77. The molecule has 0 atom stereocenters. The number of hydrogen-bond donors (Lipinski definition) is 1. The lowest BCUT2D eigenvalue weighted by molar-refractivity contribution is -0.115. The van der Waals surface area contributed by atoms with Crippen molar-refractivity contribution in [1.82, 2.24) is 4.90 Å². The quantitative estimate of drug-likeness (QED) is 0.335. The minimum atomic E-state index is -0.0954. The summed E-state index contributed by atoms with van der Waals surface area (Å²) in [5.74, 6) is 1.98. The lowest BCUT2D eigenvalue weighted by Gasteiger charge is -2.30. The van der Waals surface area contributed by atoms with Crippen LogP contribution in [0, 0.1) is 0 Å². The van der Waals surface area contributed by atoms with Crippen LogP contribution in [0.4, 0.5) is 5.69 Å². The summed E-state index contributed by atoms with van der Waals surface area (Å²) in [4.78, 5) is 15.1. The first-order valence-electron chi connectivity index (χ1n) is 12.4. The molecule has 0 unspecified atom stereocenters. The van der Waals surface area contributed by atoms with Crippen LogP contribution < -0.4 is 19.5 Å². The Morgan fingerprint density at radius 2 is 1.50 bits per heavy atom. The highest BCUT2D eigenvalue weighted by atomic mass is 16.5. The molecule has 0 aliphatic carbocycles. The van der Waals surface area contributed by atoms with Crippen LogP contribution in [0.3, 0.4) is 0 Å². The van der Waals surface area contributed by atoms with Gasteiger partial charge in [0.05, 0.1) is 20.6 Å². The number of ether oxygens (including phenoxy) is 3. The number of carbonyl (C=O) groups excluding carboxylic acids is 1. The minimum Gasteiger partial charge on any atom is -0.496 e. The van der Waals surface area contributed by atoms with Gasteiger partial charge in [0.15, 0.2) is 11.5 Å². The normalized spacial score (nSPS) is 11.1. The smallest absolute Gasteiger partial charge is 0.228 e. The summed E-state index contributed by atoms with van der Waals surface area (Å²) in [5.41, 5.74) is 3.67. The van der Waals surface area contributed by atoms with E-state index in [0.717, 1.165) is 29.0 Å². The van der Waals surface area contributed by atoms with Crippen molar-refractivity contribution < 1.29 is 19.0 Å². The van der Waals surface area contributed by atoms with E-state index in [1.807, 2.05) is 66.7 Å². The van der Waals surface area contributed by atoms with Gasteiger partial charge in [-0.3, -0.25) is 9.69 Å². The Bertz CT molecular complexity index is 1120. The number of methoxy groups -OCH3 is 2. The molecule has 0 bridgehead atoms. The van der Waals surface area contributed by atoms with Crippen molar-refractivity contribution in [1.29, 1.82) is 0 Å². The van der Waals surface area contributed by atoms with Gasteiger partial charge in [-0.15, -0.1) is 0 Å². The fourth-order valence-corrected chi connectivity index (χ4v) is 4.32. The average molecular weight is 491 g/mol. The molecule has 0 radical (unpaired) electrons. The summed E-state index contributed by atoms with van der Waals surface area (Å²) in [7, 11) is 3.28. The highest BCUT2D eigenvalue weighted by Gasteiger charge is 2.14. The molecular formula is C30H38N2O4. The van der Waals surface area contributed by atoms with E-state index < -0.39 is 0 Å². The summed E-state index contributed by atoms with van der Waals surface area (Å²) in [6.07, 6.45) is 0.270. The molecule has 0 fully saturated rings. The second-order valence-electron chi connectivity index (χ2n) is 9.26. The highest BCUT2D eigenvalue weighted by molar-refractivity contribution is 5.92. The molecule has 0 heterocycles. The average Bonchev–Trinajstić information content (AvgIpc) is 2.86. The van der Waals surface area contributed by atoms with Gasteiger partial charge in [0.1, 0.15) is 12.4 Å². The van der Waals surface area contributed by atoms with Gasteiger partial charge in [-0.2, -0.15) is 0 Å². The predicted molar refractivity (Wildman–Crippen MR) is 146 cm³/mol. The minimum absolute atomic E-state index is 0.0954. The number of amides is 1. The number of nitrogens with zero attached hydrogens (tertiary/aromatic N) is 1. The van der Waals surface area contributed by atoms with Crippen LogP contribution in [-0.4, -0.2) is 50.3 Å². The molecule has 0 aliphatic heterocycles. The number of hydrogen-bond acceptors (Lipinski definition) is 5. The zero-order valence-electron chi connectivity index (χ0n) is 22.2. The first kappa shape index (κ1) is 27.1. The van der Waals surface area contributed by atoms with Crippen LogP contribution in [0.2, 0.25) is 0 Å². The molecule has 0 spiro atoms. The second kappa shape index (κ2) is 13.0. The van der Waals surface area contributed by atoms with E-state index in [-0.39, 0.29) is 12.3 Å². The third-order valence-electron chi connectivity index (χ3n) is 6.12. The summed E-state index contributed by atoms with van der Waals surface area (Å²) in [6.45, 7) is 10.1. The largest absolute Gasteiger partial charge is 0.496 e. The predicted octanol–water partition coefficient (Wildman–Crippen LogP) is 6.05. The second-order valence-corrected chi connectivity index (χ2v) is 9.26. The van der Waals surface area contributed by atoms with Crippen LogP contribution in [0.15, 0.2) is 66.7 Å². The van der Waals surface area contributed by atoms with Crippen molar-refractivity contribution in [2.24, 2.45) is 0 Å². The Hall–Kier alpha value is -3.51. The maximum absolute atomic E-state index is 12.7. The van der Waals surface area contributed by atoms with Crippen LogP contribution in [-0.2, 0) is 11.2 Å². The van der Waals surface area contributed by atoms with E-state index in [1.54, 1.807) is 14.2 Å². The maximum atomic E-state index is 12.7. The summed E-state index contributed by atoms with van der Waals surface area (Å²) in [5, 5.41) is 2.98. The van der Waals surface area contributed by atoms with Crippen LogP contribution in [0.1, 0.15) is 33.3 Å². The Morgan fingerprint density at radius 3 is 2.14 bits per heavy atom. The molecule has 6 heteroatoms. The first-order valence-corrected chi connectivity index (χ1v) is 12.4. The molecule has 1 amide bonds. The van der Waals surface area contributed by atoms with Gasteiger partial charge in [0.2, 0.25) is 5.91 Å². The van der Waals surface area contributed by atoms with E-state index in [1.165, 1.54) is 0 Å². The van der Waals surface area contributed by atoms with Crippen LogP contribution in [0.5, 0.6) is 17.2 Å². The number of para-hydroxylation sites is 1. The number of benzene rings is 3. The van der Waals surface area contributed by atoms with E-state index in [4.69, 9.17) is 14.2 Å². The van der Waals surface area contributed by atoms with E-state index in [9.17, 15) is 4.79 Å². The fourth-order valence-electron chi connectivity index (χ4n) is 4.32. The van der Waals surface area contributed by atoms with Crippen molar-refractivity contribution >= 4 is 11.6 Å². The van der Waals surface area contributed by atoms with Gasteiger partial charge in [0, 0.05) is 35.9 Å². The molecule has 3 aromatic rings. The SMILES string of the molecule is COc1ccc(NC(=O)Cc2ccc(-c3ccccc3OC)cc2)cc1OCCN(C(C)C)C(C)C. The molecular weight excluding hydrogens is 452 g/mol. The third-order valence-corrected chi connectivity index (χ3v) is 6.12. The van der Waals surface area contributed by atoms with Gasteiger partial charge in [-0.05, 0) is 57.0 Å². The van der Waals surface area contributed by atoms with Gasteiger partial charge in [-0.25, -0.2) is 0 Å². The zero-order valence-corrected chi connectivity index (χ0v) is 22.2. The molecule has 0 aromatic heterocycles. The monoisotopic (exact) mass is 490 g/mol. The highest BCUT2D eigenvalue weighted by Crippen LogP contribution is 2.31. The zero-order chi connectivity index (χ0) is 26.1. The van der Waals surface area contributed by atoms with Gasteiger partial charge in [-0.1, -0.05) is 42.5 Å². The Morgan fingerprint density at radius 1 is 0.833 bits per heavy atom. The molecule has 0 saturated heterocycles. The molecule has 3 rings (SSSR count). The van der Waals surface area contributed by atoms with Gasteiger partial charge >= 0.3 is 0 Å². The first-order chi connectivity index (χ1) is 17.3. The molecule has 1 N–H and O–H groups in total. The summed E-state index contributed by atoms with van der Waals surface area (Å²) < 4.78 is 17.0. The third kappa shape index (κ3) is 7.25. The lowest BCUT2D eigenvalue weighted by Crippen LogP contribution is -2.39. The number of anilines is 1. The molecule has 36 heavy (non-hydrogen) atoms. The molecule has 0 aliphatic rings. The Balaban J connectivity index is 1.62. The molecule has 0 saturated carbocycles. The lowest BCUT2D eigenvalue weighted by atomic mass is 10.0. The van der Waals surface area contributed by atoms with Crippen molar-refractivity contribution in [3.05, 3.63) is 72.3 Å².